The maximum Gasteiger partial charge on any atom is 0.317 e. The van der Waals surface area contributed by atoms with Crippen LogP contribution >= 0.6 is 0 Å². The number of sulfone groups is 1. The number of nitrogens with zero attached hydrogens (tertiary/aromatic N) is 1. The van der Waals surface area contributed by atoms with Crippen LogP contribution in [-0.2, 0) is 16.4 Å². The summed E-state index contributed by atoms with van der Waals surface area (Å²) in [4.78, 5) is 13.7. The second kappa shape index (κ2) is 7.08. The number of urea groups is 1. The molecule has 0 unspecified atom stereocenters. The molecular weight excluding hydrogens is 320 g/mol. The Morgan fingerprint density at radius 3 is 2.57 bits per heavy atom. The molecule has 2 amide bonds. The third-order valence-corrected chi connectivity index (χ3v) is 5.53. The van der Waals surface area contributed by atoms with Gasteiger partial charge >= 0.3 is 6.03 Å². The molecule has 0 aliphatic carbocycles. The van der Waals surface area contributed by atoms with E-state index in [2.05, 4.69) is 5.32 Å². The normalized spacial score (nSPS) is 17.9. The molecular formula is C15H22N2O5S. The molecule has 2 rings (SSSR count). The first-order chi connectivity index (χ1) is 10.8. The summed E-state index contributed by atoms with van der Waals surface area (Å²) in [5, 5.41) is 2.33. The van der Waals surface area contributed by atoms with Crippen LogP contribution in [0.5, 0.6) is 11.5 Å². The number of methoxy groups -OCH3 is 2. The summed E-state index contributed by atoms with van der Waals surface area (Å²) in [6, 6.07) is 5.15. The zero-order chi connectivity index (χ0) is 17.0. The standard InChI is InChI=1S/C15H22N2O5S/c1-21-13-5-4-11(8-14(13)22-2)9-16-15(18)17-7-6-12(10-17)23(3,19)20/h4-5,8,12H,6-7,9-10H2,1-3H3,(H,16,18)/t12-/m1/s1. The molecule has 1 aromatic carbocycles. The van der Waals surface area contributed by atoms with E-state index in [0.29, 0.717) is 31.0 Å². The number of hydrogen-bond donors (Lipinski definition) is 1. The Morgan fingerprint density at radius 1 is 1.30 bits per heavy atom. The molecule has 0 bridgehead atoms. The lowest BCUT2D eigenvalue weighted by Crippen LogP contribution is -2.39. The summed E-state index contributed by atoms with van der Waals surface area (Å²) in [6.07, 6.45) is 1.70. The second-order valence-corrected chi connectivity index (χ2v) is 7.86. The van der Waals surface area contributed by atoms with Crippen molar-refractivity contribution in [3.63, 3.8) is 0 Å². The number of hydrogen-bond acceptors (Lipinski definition) is 5. The predicted molar refractivity (Wildman–Crippen MR) is 86.6 cm³/mol. The molecule has 23 heavy (non-hydrogen) atoms. The summed E-state index contributed by atoms with van der Waals surface area (Å²) in [5.74, 6) is 1.22. The zero-order valence-electron chi connectivity index (χ0n) is 13.5. The minimum atomic E-state index is -3.10. The number of ether oxygens (including phenoxy) is 2. The molecule has 1 aliphatic rings. The molecule has 1 aromatic rings. The van der Waals surface area contributed by atoms with Crippen molar-refractivity contribution in [2.75, 3.05) is 33.6 Å². The van der Waals surface area contributed by atoms with Crippen LogP contribution in [0.3, 0.4) is 0 Å². The molecule has 128 valence electrons. The van der Waals surface area contributed by atoms with E-state index < -0.39 is 15.1 Å². The molecule has 7 nitrogen and oxygen atoms in total. The van der Waals surface area contributed by atoms with Crippen LogP contribution in [0.15, 0.2) is 18.2 Å². The van der Waals surface area contributed by atoms with Gasteiger partial charge in [0.05, 0.1) is 19.5 Å². The van der Waals surface area contributed by atoms with Crippen LogP contribution in [0.4, 0.5) is 4.79 Å². The van der Waals surface area contributed by atoms with E-state index in [1.807, 2.05) is 6.07 Å². The first-order valence-corrected chi connectivity index (χ1v) is 9.23. The van der Waals surface area contributed by atoms with Crippen LogP contribution in [0, 0.1) is 0 Å². The fourth-order valence-electron chi connectivity index (χ4n) is 2.54. The number of benzene rings is 1. The van der Waals surface area contributed by atoms with Crippen molar-refractivity contribution in [1.82, 2.24) is 10.2 Å². The van der Waals surface area contributed by atoms with Gasteiger partial charge in [-0.3, -0.25) is 0 Å². The molecule has 0 saturated carbocycles. The number of carbonyl (C=O) groups is 1. The van der Waals surface area contributed by atoms with Gasteiger partial charge in [-0.2, -0.15) is 0 Å². The molecule has 0 spiro atoms. The monoisotopic (exact) mass is 342 g/mol. The van der Waals surface area contributed by atoms with Crippen LogP contribution in [-0.4, -0.2) is 58.2 Å². The minimum Gasteiger partial charge on any atom is -0.493 e. The fraction of sp³-hybridized carbons (Fsp3) is 0.533. The van der Waals surface area contributed by atoms with Crippen molar-refractivity contribution in [3.8, 4) is 11.5 Å². The van der Waals surface area contributed by atoms with Crippen molar-refractivity contribution in [2.45, 2.75) is 18.2 Å². The van der Waals surface area contributed by atoms with E-state index in [9.17, 15) is 13.2 Å². The van der Waals surface area contributed by atoms with Gasteiger partial charge in [0, 0.05) is 25.9 Å². The van der Waals surface area contributed by atoms with Gasteiger partial charge in [0.25, 0.3) is 0 Å². The highest BCUT2D eigenvalue weighted by atomic mass is 32.2. The maximum atomic E-state index is 12.1. The largest absolute Gasteiger partial charge is 0.493 e. The number of likely N-dealkylation sites (tertiary alicyclic amines) is 1. The van der Waals surface area contributed by atoms with Crippen LogP contribution in [0.1, 0.15) is 12.0 Å². The van der Waals surface area contributed by atoms with Crippen molar-refractivity contribution >= 4 is 15.9 Å². The minimum absolute atomic E-state index is 0.247. The Hall–Kier alpha value is -1.96. The number of rotatable bonds is 5. The molecule has 1 aliphatic heterocycles. The summed E-state index contributed by atoms with van der Waals surface area (Å²) >= 11 is 0. The lowest BCUT2D eigenvalue weighted by molar-refractivity contribution is 0.208. The van der Waals surface area contributed by atoms with E-state index in [1.165, 1.54) is 11.2 Å². The maximum absolute atomic E-state index is 12.1. The first-order valence-electron chi connectivity index (χ1n) is 7.27. The highest BCUT2D eigenvalue weighted by Crippen LogP contribution is 2.27. The van der Waals surface area contributed by atoms with Crippen molar-refractivity contribution in [1.29, 1.82) is 0 Å². The smallest absolute Gasteiger partial charge is 0.317 e. The lowest BCUT2D eigenvalue weighted by Gasteiger charge is -2.17. The Balaban J connectivity index is 1.92. The fourth-order valence-corrected chi connectivity index (χ4v) is 3.53. The number of carbonyl (C=O) groups excluding carboxylic acids is 1. The Kier molecular flexibility index (Phi) is 5.35. The van der Waals surface area contributed by atoms with E-state index in [4.69, 9.17) is 9.47 Å². The van der Waals surface area contributed by atoms with Gasteiger partial charge in [0.1, 0.15) is 0 Å². The van der Waals surface area contributed by atoms with Crippen LogP contribution in [0.2, 0.25) is 0 Å². The second-order valence-electron chi connectivity index (χ2n) is 5.53. The molecule has 1 saturated heterocycles. The first kappa shape index (κ1) is 17.4. The van der Waals surface area contributed by atoms with E-state index in [1.54, 1.807) is 26.4 Å². The van der Waals surface area contributed by atoms with Crippen molar-refractivity contribution < 1.29 is 22.7 Å². The Labute approximate surface area is 136 Å². The summed E-state index contributed by atoms with van der Waals surface area (Å²) < 4.78 is 33.4. The van der Waals surface area contributed by atoms with Gasteiger partial charge in [0.15, 0.2) is 21.3 Å². The Bertz CT molecular complexity index is 674. The van der Waals surface area contributed by atoms with Crippen LogP contribution < -0.4 is 14.8 Å². The average molecular weight is 342 g/mol. The topological polar surface area (TPSA) is 84.9 Å². The van der Waals surface area contributed by atoms with Gasteiger partial charge in [0.2, 0.25) is 0 Å². The third-order valence-electron chi connectivity index (χ3n) is 3.93. The predicted octanol–water partition coefficient (Wildman–Crippen LogP) is 1.03. The number of nitrogens with one attached hydrogen (secondary N) is 1. The highest BCUT2D eigenvalue weighted by Gasteiger charge is 2.32. The van der Waals surface area contributed by atoms with E-state index in [-0.39, 0.29) is 12.6 Å². The van der Waals surface area contributed by atoms with E-state index >= 15 is 0 Å². The third kappa shape index (κ3) is 4.28. The lowest BCUT2D eigenvalue weighted by atomic mass is 10.2. The van der Waals surface area contributed by atoms with Gasteiger partial charge < -0.3 is 19.7 Å². The van der Waals surface area contributed by atoms with Gasteiger partial charge in [-0.1, -0.05) is 6.07 Å². The molecule has 0 radical (unpaired) electrons. The SMILES string of the molecule is COc1ccc(CNC(=O)N2CC[C@@H](S(C)(=O)=O)C2)cc1OC. The van der Waals surface area contributed by atoms with Gasteiger partial charge in [-0.05, 0) is 24.1 Å². The molecule has 0 aromatic heterocycles. The summed E-state index contributed by atoms with van der Waals surface area (Å²) in [5.41, 5.74) is 0.870. The molecule has 1 heterocycles. The summed E-state index contributed by atoms with van der Waals surface area (Å²) in [7, 11) is 0.00687. The molecule has 1 N–H and O–H groups in total. The van der Waals surface area contributed by atoms with Crippen molar-refractivity contribution in [3.05, 3.63) is 23.8 Å². The number of amides is 2. The molecule has 8 heteroatoms. The Morgan fingerprint density at radius 2 is 2.00 bits per heavy atom. The van der Waals surface area contributed by atoms with Crippen molar-refractivity contribution in [2.24, 2.45) is 0 Å². The van der Waals surface area contributed by atoms with Gasteiger partial charge in [-0.25, -0.2) is 13.2 Å². The average Bonchev–Trinajstić information content (AvgIpc) is 3.02. The quantitative estimate of drug-likeness (QED) is 0.864. The highest BCUT2D eigenvalue weighted by molar-refractivity contribution is 7.91. The summed E-state index contributed by atoms with van der Waals surface area (Å²) in [6.45, 7) is 1.03. The van der Waals surface area contributed by atoms with Crippen LogP contribution in [0.25, 0.3) is 0 Å². The molecule has 1 fully saturated rings. The van der Waals surface area contributed by atoms with Gasteiger partial charge in [-0.15, -0.1) is 0 Å². The van der Waals surface area contributed by atoms with E-state index in [0.717, 1.165) is 5.56 Å². The molecule has 1 atom stereocenters. The zero-order valence-corrected chi connectivity index (χ0v) is 14.4.